The van der Waals surface area contributed by atoms with E-state index in [9.17, 15) is 4.79 Å². The molecule has 0 bridgehead atoms. The van der Waals surface area contributed by atoms with Gasteiger partial charge in [-0.25, -0.2) is 0 Å². The van der Waals surface area contributed by atoms with Gasteiger partial charge in [0.05, 0.1) is 0 Å². The highest BCUT2D eigenvalue weighted by Gasteiger charge is 1.99. The Morgan fingerprint density at radius 1 is 1.33 bits per heavy atom. The number of hydrogen-bond donors (Lipinski definition) is 2. The minimum atomic E-state index is 0.00283. The lowest BCUT2D eigenvalue weighted by molar-refractivity contribution is -0.119. The topological polar surface area (TPSA) is 29.1 Å². The molecule has 0 unspecified atom stereocenters. The van der Waals surface area contributed by atoms with Crippen LogP contribution < -0.4 is 5.32 Å². The largest absolute Gasteiger partial charge is 0.352 e. The van der Waals surface area contributed by atoms with Gasteiger partial charge in [0.2, 0.25) is 5.91 Å². The Morgan fingerprint density at radius 2 is 1.87 bits per heavy atom. The summed E-state index contributed by atoms with van der Waals surface area (Å²) in [6.07, 6.45) is 0.976. The van der Waals surface area contributed by atoms with Gasteiger partial charge in [-0.2, -0.15) is 12.6 Å². The molecular weight excluding hydrogens is 206 g/mol. The molecule has 0 fully saturated rings. The highest BCUT2D eigenvalue weighted by Crippen LogP contribution is 2.09. The first-order valence-electron chi connectivity index (χ1n) is 5.08. The maximum absolute atomic E-state index is 10.7. The Balaban J connectivity index is 2.52. The third-order valence-corrected chi connectivity index (χ3v) is 2.28. The smallest absolute Gasteiger partial charge is 0.217 e. The number of hydrogen-bond acceptors (Lipinski definition) is 2. The third-order valence-electron chi connectivity index (χ3n) is 2.10. The predicted molar refractivity (Wildman–Crippen MR) is 66.1 cm³/mol. The SMILES string of the molecule is CC(=O)NCc1ccc(C[C@H](C)S)cc1. The Hall–Kier alpha value is -0.960. The van der Waals surface area contributed by atoms with Crippen LogP contribution in [0.3, 0.4) is 0 Å². The van der Waals surface area contributed by atoms with E-state index in [0.717, 1.165) is 12.0 Å². The molecule has 2 nitrogen and oxygen atoms in total. The Bertz CT molecular complexity index is 319. The molecule has 1 aromatic carbocycles. The first-order valence-corrected chi connectivity index (χ1v) is 5.60. The summed E-state index contributed by atoms with van der Waals surface area (Å²) in [5.41, 5.74) is 2.41. The van der Waals surface area contributed by atoms with Gasteiger partial charge in [0.25, 0.3) is 0 Å². The van der Waals surface area contributed by atoms with Crippen LogP contribution in [0.4, 0.5) is 0 Å². The van der Waals surface area contributed by atoms with Crippen LogP contribution in [-0.4, -0.2) is 11.2 Å². The molecule has 1 N–H and O–H groups in total. The minimum absolute atomic E-state index is 0.00283. The van der Waals surface area contributed by atoms with E-state index in [2.05, 4.69) is 37.0 Å². The van der Waals surface area contributed by atoms with E-state index in [1.807, 2.05) is 12.1 Å². The summed E-state index contributed by atoms with van der Waals surface area (Å²) in [4.78, 5) is 10.7. The maximum atomic E-state index is 10.7. The predicted octanol–water partition coefficient (Wildman–Crippen LogP) is 2.18. The van der Waals surface area contributed by atoms with E-state index in [1.165, 1.54) is 12.5 Å². The molecule has 1 aromatic rings. The van der Waals surface area contributed by atoms with Crippen molar-refractivity contribution >= 4 is 18.5 Å². The quantitative estimate of drug-likeness (QED) is 0.753. The van der Waals surface area contributed by atoms with Crippen molar-refractivity contribution in [2.75, 3.05) is 0 Å². The number of thiol groups is 1. The lowest BCUT2D eigenvalue weighted by Crippen LogP contribution is -2.18. The number of nitrogens with one attached hydrogen (secondary N) is 1. The third kappa shape index (κ3) is 4.88. The molecule has 0 aliphatic heterocycles. The van der Waals surface area contributed by atoms with Crippen molar-refractivity contribution < 1.29 is 4.79 Å². The molecule has 0 saturated heterocycles. The molecule has 1 rings (SSSR count). The minimum Gasteiger partial charge on any atom is -0.352 e. The van der Waals surface area contributed by atoms with Crippen molar-refractivity contribution in [3.8, 4) is 0 Å². The van der Waals surface area contributed by atoms with E-state index in [4.69, 9.17) is 0 Å². The van der Waals surface area contributed by atoms with Gasteiger partial charge in [0.15, 0.2) is 0 Å². The molecule has 0 heterocycles. The fraction of sp³-hybridized carbons (Fsp3) is 0.417. The summed E-state index contributed by atoms with van der Waals surface area (Å²) in [5, 5.41) is 3.15. The van der Waals surface area contributed by atoms with Gasteiger partial charge in [-0.1, -0.05) is 31.2 Å². The summed E-state index contributed by atoms with van der Waals surface area (Å²) in [6.45, 7) is 4.21. The molecule has 15 heavy (non-hydrogen) atoms. The normalized spacial score (nSPS) is 12.2. The van der Waals surface area contributed by atoms with Gasteiger partial charge in [-0.15, -0.1) is 0 Å². The van der Waals surface area contributed by atoms with Crippen LogP contribution in [0.15, 0.2) is 24.3 Å². The van der Waals surface area contributed by atoms with Gasteiger partial charge in [0, 0.05) is 18.7 Å². The van der Waals surface area contributed by atoms with E-state index >= 15 is 0 Å². The lowest BCUT2D eigenvalue weighted by Gasteiger charge is -2.06. The van der Waals surface area contributed by atoms with E-state index in [0.29, 0.717) is 11.8 Å². The van der Waals surface area contributed by atoms with Gasteiger partial charge in [-0.3, -0.25) is 4.79 Å². The average Bonchev–Trinajstić information content (AvgIpc) is 2.16. The van der Waals surface area contributed by atoms with Crippen LogP contribution in [0.1, 0.15) is 25.0 Å². The molecule has 0 aliphatic rings. The average molecular weight is 223 g/mol. The molecule has 0 radical (unpaired) electrons. The second-order valence-electron chi connectivity index (χ2n) is 3.78. The summed E-state index contributed by atoms with van der Waals surface area (Å²) in [5.74, 6) is 0.00283. The second-order valence-corrected chi connectivity index (χ2v) is 4.66. The first kappa shape index (κ1) is 12.1. The number of carbonyl (C=O) groups excluding carboxylic acids is 1. The van der Waals surface area contributed by atoms with Crippen molar-refractivity contribution in [3.05, 3.63) is 35.4 Å². The zero-order valence-corrected chi connectivity index (χ0v) is 10.1. The maximum Gasteiger partial charge on any atom is 0.217 e. The van der Waals surface area contributed by atoms with Crippen LogP contribution in [-0.2, 0) is 17.8 Å². The highest BCUT2D eigenvalue weighted by atomic mass is 32.1. The zero-order valence-electron chi connectivity index (χ0n) is 9.16. The van der Waals surface area contributed by atoms with Crippen molar-refractivity contribution in [1.82, 2.24) is 5.32 Å². The van der Waals surface area contributed by atoms with Crippen LogP contribution in [0.25, 0.3) is 0 Å². The second kappa shape index (κ2) is 5.81. The summed E-state index contributed by atoms with van der Waals surface area (Å²) in [7, 11) is 0. The number of rotatable bonds is 4. The van der Waals surface area contributed by atoms with Crippen molar-refractivity contribution in [2.24, 2.45) is 0 Å². The zero-order chi connectivity index (χ0) is 11.3. The number of benzene rings is 1. The molecule has 0 aromatic heterocycles. The standard InChI is InChI=1S/C12H17NOS/c1-9(15)7-11-3-5-12(6-4-11)8-13-10(2)14/h3-6,9,15H,7-8H2,1-2H3,(H,13,14)/t9-/m0/s1. The van der Waals surface area contributed by atoms with E-state index in [-0.39, 0.29) is 5.91 Å². The van der Waals surface area contributed by atoms with Crippen molar-refractivity contribution in [1.29, 1.82) is 0 Å². The molecule has 0 saturated carbocycles. The fourth-order valence-electron chi connectivity index (χ4n) is 1.36. The molecule has 1 amide bonds. The Labute approximate surface area is 96.5 Å². The Kier molecular flexibility index (Phi) is 4.69. The van der Waals surface area contributed by atoms with Crippen LogP contribution >= 0.6 is 12.6 Å². The van der Waals surface area contributed by atoms with E-state index < -0.39 is 0 Å². The highest BCUT2D eigenvalue weighted by molar-refractivity contribution is 7.80. The van der Waals surface area contributed by atoms with Crippen molar-refractivity contribution in [3.63, 3.8) is 0 Å². The summed E-state index contributed by atoms with van der Waals surface area (Å²) in [6, 6.07) is 8.26. The fourth-order valence-corrected chi connectivity index (χ4v) is 1.57. The first-order chi connectivity index (χ1) is 7.08. The molecule has 82 valence electrons. The van der Waals surface area contributed by atoms with Crippen LogP contribution in [0.5, 0.6) is 0 Å². The van der Waals surface area contributed by atoms with Gasteiger partial charge < -0.3 is 5.32 Å². The Morgan fingerprint density at radius 3 is 2.33 bits per heavy atom. The molecule has 0 aliphatic carbocycles. The molecule has 0 spiro atoms. The van der Waals surface area contributed by atoms with E-state index in [1.54, 1.807) is 0 Å². The molecule has 3 heteroatoms. The van der Waals surface area contributed by atoms with Gasteiger partial charge >= 0.3 is 0 Å². The van der Waals surface area contributed by atoms with Gasteiger partial charge in [-0.05, 0) is 17.5 Å². The van der Waals surface area contributed by atoms with Crippen LogP contribution in [0, 0.1) is 0 Å². The number of carbonyl (C=O) groups is 1. The summed E-state index contributed by atoms with van der Waals surface area (Å²) >= 11 is 4.35. The summed E-state index contributed by atoms with van der Waals surface area (Å²) < 4.78 is 0. The van der Waals surface area contributed by atoms with Gasteiger partial charge in [0.1, 0.15) is 0 Å². The van der Waals surface area contributed by atoms with Crippen LogP contribution in [0.2, 0.25) is 0 Å². The lowest BCUT2D eigenvalue weighted by atomic mass is 10.1. The molecular formula is C12H17NOS. The number of amides is 1. The monoisotopic (exact) mass is 223 g/mol. The van der Waals surface area contributed by atoms with Crippen molar-refractivity contribution in [2.45, 2.75) is 32.1 Å². The molecule has 1 atom stereocenters.